The predicted molar refractivity (Wildman–Crippen MR) is 124 cm³/mol. The van der Waals surface area contributed by atoms with Crippen molar-refractivity contribution in [3.05, 3.63) is 65.6 Å². The van der Waals surface area contributed by atoms with Gasteiger partial charge in [-0.25, -0.2) is 0 Å². The molecule has 0 aliphatic carbocycles. The van der Waals surface area contributed by atoms with Crippen LogP contribution in [0.1, 0.15) is 23.7 Å². The van der Waals surface area contributed by atoms with Crippen LogP contribution in [0.5, 0.6) is 0 Å². The molecule has 3 rings (SSSR count). The molecule has 0 fully saturated rings. The lowest BCUT2D eigenvalue weighted by Gasteiger charge is -2.11. The highest BCUT2D eigenvalue weighted by molar-refractivity contribution is 14.0. The predicted octanol–water partition coefficient (Wildman–Crippen LogP) is 3.69. The van der Waals surface area contributed by atoms with E-state index in [4.69, 9.17) is 0 Å². The molecule has 0 aliphatic heterocycles. The molecule has 1 aromatic carbocycles. The van der Waals surface area contributed by atoms with Crippen LogP contribution in [0.4, 0.5) is 0 Å². The van der Waals surface area contributed by atoms with E-state index < -0.39 is 0 Å². The van der Waals surface area contributed by atoms with E-state index in [2.05, 4.69) is 56.9 Å². The fourth-order valence-electron chi connectivity index (χ4n) is 3.17. The number of aromatic nitrogens is 2. The van der Waals surface area contributed by atoms with Crippen molar-refractivity contribution in [1.29, 1.82) is 0 Å². The molecule has 0 saturated heterocycles. The molecular formula is C21H28IN5. The number of rotatable bonds is 7. The zero-order chi connectivity index (χ0) is 18.2. The van der Waals surface area contributed by atoms with Gasteiger partial charge in [-0.3, -0.25) is 9.98 Å². The number of hydrogen-bond donors (Lipinski definition) is 3. The number of aromatic amines is 1. The van der Waals surface area contributed by atoms with E-state index in [1.807, 2.05) is 24.4 Å². The minimum atomic E-state index is 0. The number of nitrogens with zero attached hydrogens (tertiary/aromatic N) is 2. The van der Waals surface area contributed by atoms with Gasteiger partial charge in [0, 0.05) is 55.5 Å². The zero-order valence-corrected chi connectivity index (χ0v) is 18.3. The lowest BCUT2D eigenvalue weighted by molar-refractivity contribution is 0.777. The average Bonchev–Trinajstić information content (AvgIpc) is 3.11. The molecule has 0 radical (unpaired) electrons. The van der Waals surface area contributed by atoms with E-state index in [-0.39, 0.29) is 24.0 Å². The second kappa shape index (κ2) is 10.9. The summed E-state index contributed by atoms with van der Waals surface area (Å²) < 4.78 is 0. The van der Waals surface area contributed by atoms with Gasteiger partial charge in [0.15, 0.2) is 5.96 Å². The Morgan fingerprint density at radius 1 is 1.04 bits per heavy atom. The number of halogens is 1. The minimum Gasteiger partial charge on any atom is -0.361 e. The van der Waals surface area contributed by atoms with Crippen molar-refractivity contribution in [2.75, 3.05) is 20.1 Å². The zero-order valence-electron chi connectivity index (χ0n) is 16.0. The van der Waals surface area contributed by atoms with Crippen molar-refractivity contribution in [3.63, 3.8) is 0 Å². The number of fused-ring (bicyclic) bond motifs is 1. The van der Waals surface area contributed by atoms with Crippen LogP contribution in [0.15, 0.2) is 53.8 Å². The monoisotopic (exact) mass is 477 g/mol. The van der Waals surface area contributed by atoms with Gasteiger partial charge in [-0.1, -0.05) is 31.2 Å². The van der Waals surface area contributed by atoms with Crippen LogP contribution < -0.4 is 10.6 Å². The van der Waals surface area contributed by atoms with Crippen LogP contribution in [-0.4, -0.2) is 36.1 Å². The molecule has 0 unspecified atom stereocenters. The van der Waals surface area contributed by atoms with Crippen molar-refractivity contribution < 1.29 is 0 Å². The Bertz CT molecular complexity index is 857. The summed E-state index contributed by atoms with van der Waals surface area (Å²) >= 11 is 0. The Morgan fingerprint density at radius 3 is 2.56 bits per heavy atom. The maximum atomic E-state index is 4.34. The van der Waals surface area contributed by atoms with E-state index >= 15 is 0 Å². The molecule has 27 heavy (non-hydrogen) atoms. The molecule has 3 aromatic rings. The Labute approximate surface area is 178 Å². The molecule has 0 spiro atoms. The summed E-state index contributed by atoms with van der Waals surface area (Å²) in [4.78, 5) is 12.1. The SMILES string of the molecule is CCc1cccc2c(CCNC(=NC)NCCc3ccccn3)c[nH]c12.I. The normalized spacial score (nSPS) is 11.3. The Hall–Kier alpha value is -2.09. The van der Waals surface area contributed by atoms with Crippen LogP contribution in [0.3, 0.4) is 0 Å². The van der Waals surface area contributed by atoms with E-state index in [0.29, 0.717) is 0 Å². The summed E-state index contributed by atoms with van der Waals surface area (Å²) in [6, 6.07) is 12.5. The number of guanidine groups is 1. The molecule has 2 aromatic heterocycles. The number of benzene rings is 1. The van der Waals surface area contributed by atoms with Gasteiger partial charge in [0.2, 0.25) is 0 Å². The topological polar surface area (TPSA) is 65.1 Å². The summed E-state index contributed by atoms with van der Waals surface area (Å²) in [5.41, 5.74) is 5.06. The van der Waals surface area contributed by atoms with Crippen molar-refractivity contribution in [2.45, 2.75) is 26.2 Å². The summed E-state index contributed by atoms with van der Waals surface area (Å²) in [6.45, 7) is 3.84. The molecule has 0 aliphatic rings. The van der Waals surface area contributed by atoms with Crippen LogP contribution in [-0.2, 0) is 19.3 Å². The number of pyridine rings is 1. The molecule has 144 valence electrons. The molecule has 6 heteroatoms. The summed E-state index contributed by atoms with van der Waals surface area (Å²) in [7, 11) is 1.80. The largest absolute Gasteiger partial charge is 0.361 e. The Morgan fingerprint density at radius 2 is 1.85 bits per heavy atom. The van der Waals surface area contributed by atoms with Crippen LogP contribution in [0, 0.1) is 0 Å². The number of nitrogens with one attached hydrogen (secondary N) is 3. The van der Waals surface area contributed by atoms with Crippen molar-refractivity contribution in [1.82, 2.24) is 20.6 Å². The Kier molecular flexibility index (Phi) is 8.57. The maximum Gasteiger partial charge on any atom is 0.190 e. The van der Waals surface area contributed by atoms with Gasteiger partial charge in [0.25, 0.3) is 0 Å². The van der Waals surface area contributed by atoms with Gasteiger partial charge >= 0.3 is 0 Å². The molecule has 2 heterocycles. The van der Waals surface area contributed by atoms with Gasteiger partial charge in [-0.2, -0.15) is 0 Å². The highest BCUT2D eigenvalue weighted by atomic mass is 127. The van der Waals surface area contributed by atoms with Crippen LogP contribution in [0.2, 0.25) is 0 Å². The molecule has 0 amide bonds. The smallest absolute Gasteiger partial charge is 0.190 e. The number of H-pyrrole nitrogens is 1. The first-order valence-corrected chi connectivity index (χ1v) is 9.24. The quantitative estimate of drug-likeness (QED) is 0.276. The second-order valence-electron chi connectivity index (χ2n) is 6.25. The number of aryl methyl sites for hydroxylation is 1. The number of aliphatic imine (C=N–C) groups is 1. The first kappa shape index (κ1) is 21.2. The van der Waals surface area contributed by atoms with Gasteiger partial charge in [-0.05, 0) is 36.1 Å². The van der Waals surface area contributed by atoms with Gasteiger partial charge in [0.05, 0.1) is 0 Å². The van der Waals surface area contributed by atoms with Crippen LogP contribution in [0.25, 0.3) is 10.9 Å². The highest BCUT2D eigenvalue weighted by Crippen LogP contribution is 2.22. The number of hydrogen-bond acceptors (Lipinski definition) is 2. The Balaban J connectivity index is 0.00000261. The minimum absolute atomic E-state index is 0. The van der Waals surface area contributed by atoms with Gasteiger partial charge in [-0.15, -0.1) is 24.0 Å². The van der Waals surface area contributed by atoms with Crippen LogP contribution >= 0.6 is 24.0 Å². The second-order valence-corrected chi connectivity index (χ2v) is 6.25. The number of para-hydroxylation sites is 1. The molecular weight excluding hydrogens is 449 g/mol. The molecule has 0 atom stereocenters. The fourth-order valence-corrected chi connectivity index (χ4v) is 3.17. The van der Waals surface area contributed by atoms with Gasteiger partial charge < -0.3 is 15.6 Å². The summed E-state index contributed by atoms with van der Waals surface area (Å²) in [5.74, 6) is 0.829. The molecule has 0 saturated carbocycles. The molecule has 5 nitrogen and oxygen atoms in total. The van der Waals surface area contributed by atoms with Gasteiger partial charge in [0.1, 0.15) is 0 Å². The third-order valence-electron chi connectivity index (χ3n) is 4.58. The average molecular weight is 477 g/mol. The molecule has 0 bridgehead atoms. The molecule has 3 N–H and O–H groups in total. The third kappa shape index (κ3) is 5.69. The fraction of sp³-hybridized carbons (Fsp3) is 0.333. The van der Waals surface area contributed by atoms with E-state index in [1.165, 1.54) is 22.0 Å². The lowest BCUT2D eigenvalue weighted by Crippen LogP contribution is -2.39. The summed E-state index contributed by atoms with van der Waals surface area (Å²) in [6.07, 6.45) is 6.83. The van der Waals surface area contributed by atoms with Crippen molar-refractivity contribution >= 4 is 40.8 Å². The summed E-state index contributed by atoms with van der Waals surface area (Å²) in [5, 5.41) is 8.06. The van der Waals surface area contributed by atoms with E-state index in [0.717, 1.165) is 44.0 Å². The standard InChI is InChI=1S/C21H27N5.HI/c1-3-16-7-6-9-19-17(15-26-20(16)19)10-13-24-21(22-2)25-14-11-18-8-4-5-12-23-18;/h4-9,12,15,26H,3,10-11,13-14H2,1-2H3,(H2,22,24,25);1H. The van der Waals surface area contributed by atoms with Crippen molar-refractivity contribution in [3.8, 4) is 0 Å². The van der Waals surface area contributed by atoms with E-state index in [1.54, 1.807) is 7.05 Å². The third-order valence-corrected chi connectivity index (χ3v) is 4.58. The lowest BCUT2D eigenvalue weighted by atomic mass is 10.1. The van der Waals surface area contributed by atoms with E-state index in [9.17, 15) is 0 Å². The van der Waals surface area contributed by atoms with Crippen molar-refractivity contribution in [2.24, 2.45) is 4.99 Å². The first-order chi connectivity index (χ1) is 12.8. The first-order valence-electron chi connectivity index (χ1n) is 9.24. The highest BCUT2D eigenvalue weighted by Gasteiger charge is 2.06. The maximum absolute atomic E-state index is 4.34.